The van der Waals surface area contributed by atoms with Crippen molar-refractivity contribution in [1.82, 2.24) is 14.7 Å². The van der Waals surface area contributed by atoms with Crippen molar-refractivity contribution in [1.29, 1.82) is 0 Å². The first-order valence-electron chi connectivity index (χ1n) is 7.42. The first-order chi connectivity index (χ1) is 8.53. The minimum atomic E-state index is -0.558. The van der Waals surface area contributed by atoms with Gasteiger partial charge in [0, 0.05) is 45.8 Å². The van der Waals surface area contributed by atoms with E-state index in [1.807, 2.05) is 13.8 Å². The van der Waals surface area contributed by atoms with E-state index in [4.69, 9.17) is 0 Å². The quantitative estimate of drug-likeness (QED) is 0.773. The Hall–Kier alpha value is -0.160. The Balaban J connectivity index is 1.61. The average Bonchev–Trinajstić information content (AvgIpc) is 2.79. The average molecular weight is 255 g/mol. The monoisotopic (exact) mass is 255 g/mol. The highest BCUT2D eigenvalue weighted by Crippen LogP contribution is 2.10. The van der Waals surface area contributed by atoms with Gasteiger partial charge >= 0.3 is 0 Å². The van der Waals surface area contributed by atoms with E-state index >= 15 is 0 Å². The second-order valence-corrected chi connectivity index (χ2v) is 6.48. The Labute approximate surface area is 112 Å². The van der Waals surface area contributed by atoms with Crippen molar-refractivity contribution in [2.45, 2.75) is 32.3 Å². The van der Waals surface area contributed by atoms with Gasteiger partial charge in [-0.3, -0.25) is 9.80 Å². The Bertz CT molecular complexity index is 238. The maximum Gasteiger partial charge on any atom is 0.0718 e. The molecule has 2 saturated heterocycles. The van der Waals surface area contributed by atoms with Crippen molar-refractivity contribution >= 4 is 0 Å². The van der Waals surface area contributed by atoms with Crippen LogP contribution in [0.5, 0.6) is 0 Å². The Kier molecular flexibility index (Phi) is 5.01. The summed E-state index contributed by atoms with van der Waals surface area (Å²) in [7, 11) is 0. The molecular weight excluding hydrogens is 226 g/mol. The van der Waals surface area contributed by atoms with Crippen LogP contribution in [-0.2, 0) is 0 Å². The van der Waals surface area contributed by atoms with Crippen molar-refractivity contribution in [3.05, 3.63) is 0 Å². The third-order valence-electron chi connectivity index (χ3n) is 4.01. The highest BCUT2D eigenvalue weighted by atomic mass is 16.3. The van der Waals surface area contributed by atoms with E-state index in [0.717, 1.165) is 32.7 Å². The molecule has 0 aromatic rings. The normalized spacial score (nSPS) is 24.8. The number of β-amino-alcohol motifs (C(OH)–C–C–N with tert-alkyl or cyclic N) is 1. The SMILES string of the molecule is CC(C)(O)CN1CCN(CCN2CCCC2)CC1. The lowest BCUT2D eigenvalue weighted by Gasteiger charge is -2.37. The summed E-state index contributed by atoms with van der Waals surface area (Å²) in [6.07, 6.45) is 2.78. The van der Waals surface area contributed by atoms with Gasteiger partial charge in [0.05, 0.1) is 5.60 Å². The van der Waals surface area contributed by atoms with Crippen LogP contribution in [0, 0.1) is 0 Å². The van der Waals surface area contributed by atoms with E-state index < -0.39 is 5.60 Å². The Morgan fingerprint density at radius 2 is 1.22 bits per heavy atom. The lowest BCUT2D eigenvalue weighted by Crippen LogP contribution is -2.51. The van der Waals surface area contributed by atoms with Gasteiger partial charge in [0.25, 0.3) is 0 Å². The van der Waals surface area contributed by atoms with E-state index in [1.165, 1.54) is 39.0 Å². The minimum absolute atomic E-state index is 0.558. The van der Waals surface area contributed by atoms with E-state index in [-0.39, 0.29) is 0 Å². The van der Waals surface area contributed by atoms with Gasteiger partial charge in [0.2, 0.25) is 0 Å². The van der Waals surface area contributed by atoms with Gasteiger partial charge in [-0.1, -0.05) is 0 Å². The van der Waals surface area contributed by atoms with Crippen LogP contribution in [0.15, 0.2) is 0 Å². The molecule has 0 saturated carbocycles. The molecule has 2 heterocycles. The van der Waals surface area contributed by atoms with Crippen molar-refractivity contribution < 1.29 is 5.11 Å². The number of nitrogens with zero attached hydrogens (tertiary/aromatic N) is 3. The molecule has 0 bridgehead atoms. The molecule has 0 aliphatic carbocycles. The molecule has 4 nitrogen and oxygen atoms in total. The molecule has 4 heteroatoms. The second kappa shape index (κ2) is 6.33. The largest absolute Gasteiger partial charge is 0.389 e. The number of rotatable bonds is 5. The summed E-state index contributed by atoms with van der Waals surface area (Å²) in [5.41, 5.74) is -0.558. The van der Waals surface area contributed by atoms with Crippen LogP contribution >= 0.6 is 0 Å². The van der Waals surface area contributed by atoms with E-state index in [0.29, 0.717) is 0 Å². The smallest absolute Gasteiger partial charge is 0.0718 e. The zero-order chi connectivity index (χ0) is 13.0. The van der Waals surface area contributed by atoms with Crippen LogP contribution in [0.2, 0.25) is 0 Å². The molecule has 0 amide bonds. The van der Waals surface area contributed by atoms with E-state index in [2.05, 4.69) is 14.7 Å². The molecular formula is C14H29N3O. The predicted octanol–water partition coefficient (Wildman–Crippen LogP) is 0.471. The maximum atomic E-state index is 9.82. The van der Waals surface area contributed by atoms with Crippen LogP contribution < -0.4 is 0 Å². The molecule has 18 heavy (non-hydrogen) atoms. The lowest BCUT2D eigenvalue weighted by molar-refractivity contribution is 0.0169. The zero-order valence-electron chi connectivity index (χ0n) is 12.1. The molecule has 1 N–H and O–H groups in total. The molecule has 0 spiro atoms. The third kappa shape index (κ3) is 4.84. The first kappa shape index (κ1) is 14.3. The molecule has 0 radical (unpaired) electrons. The van der Waals surface area contributed by atoms with Crippen molar-refractivity contribution in [2.75, 3.05) is 58.9 Å². The lowest BCUT2D eigenvalue weighted by atomic mass is 10.1. The van der Waals surface area contributed by atoms with Gasteiger partial charge in [-0.05, 0) is 39.8 Å². The standard InChI is InChI=1S/C14H29N3O/c1-14(2,18)13-17-11-9-16(10-12-17)8-7-15-5-3-4-6-15/h18H,3-13H2,1-2H3. The van der Waals surface area contributed by atoms with Crippen LogP contribution in [0.1, 0.15) is 26.7 Å². The summed E-state index contributed by atoms with van der Waals surface area (Å²) < 4.78 is 0. The molecule has 0 atom stereocenters. The molecule has 2 fully saturated rings. The molecule has 106 valence electrons. The van der Waals surface area contributed by atoms with Gasteiger partial charge in [-0.25, -0.2) is 0 Å². The minimum Gasteiger partial charge on any atom is -0.389 e. The van der Waals surface area contributed by atoms with Crippen molar-refractivity contribution in [3.8, 4) is 0 Å². The second-order valence-electron chi connectivity index (χ2n) is 6.48. The first-order valence-corrected chi connectivity index (χ1v) is 7.42. The summed E-state index contributed by atoms with van der Waals surface area (Å²) in [5.74, 6) is 0. The summed E-state index contributed by atoms with van der Waals surface area (Å²) in [5, 5.41) is 9.82. The van der Waals surface area contributed by atoms with Crippen LogP contribution in [0.25, 0.3) is 0 Å². The van der Waals surface area contributed by atoms with Crippen LogP contribution in [0.4, 0.5) is 0 Å². The van der Waals surface area contributed by atoms with Crippen molar-refractivity contribution in [3.63, 3.8) is 0 Å². The molecule has 2 aliphatic heterocycles. The number of piperazine rings is 1. The van der Waals surface area contributed by atoms with Crippen molar-refractivity contribution in [2.24, 2.45) is 0 Å². The number of aliphatic hydroxyl groups is 1. The van der Waals surface area contributed by atoms with Gasteiger partial charge < -0.3 is 10.0 Å². The fourth-order valence-corrected chi connectivity index (χ4v) is 3.01. The van der Waals surface area contributed by atoms with Crippen LogP contribution in [0.3, 0.4) is 0 Å². The maximum absolute atomic E-state index is 9.82. The zero-order valence-corrected chi connectivity index (χ0v) is 12.1. The Morgan fingerprint density at radius 3 is 1.72 bits per heavy atom. The highest BCUT2D eigenvalue weighted by Gasteiger charge is 2.23. The van der Waals surface area contributed by atoms with Gasteiger partial charge in [-0.2, -0.15) is 0 Å². The highest BCUT2D eigenvalue weighted by molar-refractivity contribution is 4.78. The topological polar surface area (TPSA) is 30.0 Å². The fraction of sp³-hybridized carbons (Fsp3) is 1.00. The van der Waals surface area contributed by atoms with E-state index in [9.17, 15) is 5.11 Å². The predicted molar refractivity (Wildman–Crippen MR) is 74.9 cm³/mol. The Morgan fingerprint density at radius 1 is 0.778 bits per heavy atom. The summed E-state index contributed by atoms with van der Waals surface area (Å²) >= 11 is 0. The molecule has 0 aromatic heterocycles. The number of hydrogen-bond acceptors (Lipinski definition) is 4. The summed E-state index contributed by atoms with van der Waals surface area (Å²) in [4.78, 5) is 7.54. The summed E-state index contributed by atoms with van der Waals surface area (Å²) in [6.45, 7) is 14.2. The molecule has 2 aliphatic rings. The summed E-state index contributed by atoms with van der Waals surface area (Å²) in [6, 6.07) is 0. The van der Waals surface area contributed by atoms with Gasteiger partial charge in [0.15, 0.2) is 0 Å². The van der Waals surface area contributed by atoms with E-state index in [1.54, 1.807) is 0 Å². The number of hydrogen-bond donors (Lipinski definition) is 1. The molecule has 2 rings (SSSR count). The van der Waals surface area contributed by atoms with Gasteiger partial charge in [-0.15, -0.1) is 0 Å². The molecule has 0 unspecified atom stereocenters. The van der Waals surface area contributed by atoms with Gasteiger partial charge in [0.1, 0.15) is 0 Å². The van der Waals surface area contributed by atoms with Crippen LogP contribution in [-0.4, -0.2) is 84.3 Å². The number of likely N-dealkylation sites (tertiary alicyclic amines) is 1. The molecule has 0 aromatic carbocycles. The fourth-order valence-electron chi connectivity index (χ4n) is 3.01. The third-order valence-corrected chi connectivity index (χ3v) is 4.01.